The van der Waals surface area contributed by atoms with Crippen molar-refractivity contribution >= 4 is 11.6 Å². The van der Waals surface area contributed by atoms with Crippen LogP contribution >= 0.6 is 0 Å². The van der Waals surface area contributed by atoms with E-state index in [1.807, 2.05) is 0 Å². The van der Waals surface area contributed by atoms with Crippen molar-refractivity contribution in [3.63, 3.8) is 0 Å². The molecule has 6 heteroatoms. The second-order valence-corrected chi connectivity index (χ2v) is 5.12. The maximum Gasteiger partial charge on any atom is 0.273 e. The third kappa shape index (κ3) is 2.80. The zero-order chi connectivity index (χ0) is 14.7. The molecule has 108 valence electrons. The summed E-state index contributed by atoms with van der Waals surface area (Å²) in [4.78, 5) is 24.7. The lowest BCUT2D eigenvalue weighted by Gasteiger charge is -2.32. The minimum Gasteiger partial charge on any atom is -0.337 e. The van der Waals surface area contributed by atoms with Gasteiger partial charge in [0.15, 0.2) is 0 Å². The van der Waals surface area contributed by atoms with Crippen molar-refractivity contribution in [1.29, 1.82) is 0 Å². The van der Waals surface area contributed by atoms with E-state index < -0.39 is 4.92 Å². The molecular weight excluding hydrogens is 258 g/mol. The Kier molecular flexibility index (Phi) is 4.34. The Hall–Kier alpha value is -1.95. The number of nitrogens with zero attached hydrogens (tertiary/aromatic N) is 2. The number of carbonyl (C=O) groups is 1. The number of amides is 1. The number of hydrogen-bond donors (Lipinski definition) is 1. The van der Waals surface area contributed by atoms with Crippen LogP contribution in [0.4, 0.5) is 5.69 Å². The molecule has 0 aliphatic carbocycles. The number of benzene rings is 1. The van der Waals surface area contributed by atoms with E-state index in [-0.39, 0.29) is 17.6 Å². The Balaban J connectivity index is 2.24. The second kappa shape index (κ2) is 6.00. The van der Waals surface area contributed by atoms with Gasteiger partial charge in [-0.3, -0.25) is 14.9 Å². The molecule has 1 fully saturated rings. The molecule has 1 heterocycles. The second-order valence-electron chi connectivity index (χ2n) is 5.12. The summed E-state index contributed by atoms with van der Waals surface area (Å²) in [7, 11) is 1.76. The fourth-order valence-corrected chi connectivity index (χ4v) is 2.57. The van der Waals surface area contributed by atoms with Crippen LogP contribution in [0.2, 0.25) is 0 Å². The SMILES string of the molecule is Cc1c(C(=O)N(C)C2CCCNC2)cccc1[N+](=O)[O-]. The van der Waals surface area contributed by atoms with Crippen molar-refractivity contribution in [3.05, 3.63) is 39.4 Å². The molecule has 2 rings (SSSR count). The van der Waals surface area contributed by atoms with Crippen molar-refractivity contribution in [2.45, 2.75) is 25.8 Å². The zero-order valence-corrected chi connectivity index (χ0v) is 11.8. The zero-order valence-electron chi connectivity index (χ0n) is 11.8. The van der Waals surface area contributed by atoms with Gasteiger partial charge in [-0.25, -0.2) is 0 Å². The Labute approximate surface area is 117 Å². The molecule has 1 amide bonds. The predicted octanol–water partition coefficient (Wildman–Crippen LogP) is 1.73. The highest BCUT2D eigenvalue weighted by atomic mass is 16.6. The lowest BCUT2D eigenvalue weighted by molar-refractivity contribution is -0.385. The Morgan fingerprint density at radius 2 is 2.25 bits per heavy atom. The molecule has 1 atom stereocenters. The third-order valence-corrected chi connectivity index (χ3v) is 3.87. The molecular formula is C14H19N3O3. The van der Waals surface area contributed by atoms with Gasteiger partial charge in [0.05, 0.1) is 4.92 Å². The monoisotopic (exact) mass is 277 g/mol. The van der Waals surface area contributed by atoms with Gasteiger partial charge in [-0.05, 0) is 32.4 Å². The van der Waals surface area contributed by atoms with Gasteiger partial charge in [-0.15, -0.1) is 0 Å². The molecule has 0 aromatic heterocycles. The van der Waals surface area contributed by atoms with Crippen LogP contribution in [0.5, 0.6) is 0 Å². The highest BCUT2D eigenvalue weighted by Gasteiger charge is 2.25. The number of likely N-dealkylation sites (N-methyl/N-ethyl adjacent to an activating group) is 1. The molecule has 0 spiro atoms. The topological polar surface area (TPSA) is 75.5 Å². The molecule has 1 aromatic rings. The molecule has 1 aliphatic rings. The number of rotatable bonds is 3. The van der Waals surface area contributed by atoms with Gasteiger partial charge < -0.3 is 10.2 Å². The fraction of sp³-hybridized carbons (Fsp3) is 0.500. The summed E-state index contributed by atoms with van der Waals surface area (Å²) >= 11 is 0. The predicted molar refractivity (Wildman–Crippen MR) is 75.8 cm³/mol. The van der Waals surface area contributed by atoms with E-state index in [0.29, 0.717) is 11.1 Å². The number of piperidine rings is 1. The van der Waals surface area contributed by atoms with Crippen LogP contribution in [0.1, 0.15) is 28.8 Å². The summed E-state index contributed by atoms with van der Waals surface area (Å²) in [5.74, 6) is -0.153. The quantitative estimate of drug-likeness (QED) is 0.674. The van der Waals surface area contributed by atoms with Gasteiger partial charge in [0.1, 0.15) is 0 Å². The van der Waals surface area contributed by atoms with E-state index in [1.54, 1.807) is 31.0 Å². The average molecular weight is 277 g/mol. The summed E-state index contributed by atoms with van der Waals surface area (Å²) in [6.07, 6.45) is 2.00. The minimum atomic E-state index is -0.450. The molecule has 1 aromatic carbocycles. The van der Waals surface area contributed by atoms with Crippen LogP contribution in [0.3, 0.4) is 0 Å². The van der Waals surface area contributed by atoms with Crippen molar-refractivity contribution in [2.75, 3.05) is 20.1 Å². The van der Waals surface area contributed by atoms with Crippen molar-refractivity contribution < 1.29 is 9.72 Å². The molecule has 0 bridgehead atoms. The first-order chi connectivity index (χ1) is 9.52. The Morgan fingerprint density at radius 1 is 1.50 bits per heavy atom. The number of nitro benzene ring substituents is 1. The third-order valence-electron chi connectivity index (χ3n) is 3.87. The van der Waals surface area contributed by atoms with Crippen molar-refractivity contribution in [1.82, 2.24) is 10.2 Å². The molecule has 1 N–H and O–H groups in total. The number of nitrogens with one attached hydrogen (secondary N) is 1. The summed E-state index contributed by atoms with van der Waals surface area (Å²) < 4.78 is 0. The van der Waals surface area contributed by atoms with E-state index in [0.717, 1.165) is 25.9 Å². The maximum absolute atomic E-state index is 12.5. The molecule has 1 saturated heterocycles. The highest BCUT2D eigenvalue weighted by Crippen LogP contribution is 2.23. The van der Waals surface area contributed by atoms with Gasteiger partial charge >= 0.3 is 0 Å². The van der Waals surface area contributed by atoms with Gasteiger partial charge in [0.2, 0.25) is 0 Å². The smallest absolute Gasteiger partial charge is 0.273 e. The number of carbonyl (C=O) groups excluding carboxylic acids is 1. The fourth-order valence-electron chi connectivity index (χ4n) is 2.57. The molecule has 1 unspecified atom stereocenters. The summed E-state index contributed by atoms with van der Waals surface area (Å²) in [6.45, 7) is 3.38. The summed E-state index contributed by atoms with van der Waals surface area (Å²) in [5, 5.41) is 14.2. The van der Waals surface area contributed by atoms with Crippen LogP contribution in [0.15, 0.2) is 18.2 Å². The number of hydrogen-bond acceptors (Lipinski definition) is 4. The van der Waals surface area contributed by atoms with Crippen LogP contribution in [0, 0.1) is 17.0 Å². The number of nitro groups is 1. The molecule has 6 nitrogen and oxygen atoms in total. The summed E-state index contributed by atoms with van der Waals surface area (Å²) in [6, 6.07) is 4.78. The lowest BCUT2D eigenvalue weighted by Crippen LogP contribution is -2.46. The summed E-state index contributed by atoms with van der Waals surface area (Å²) in [5.41, 5.74) is 0.830. The molecule has 1 aliphatic heterocycles. The largest absolute Gasteiger partial charge is 0.337 e. The lowest BCUT2D eigenvalue weighted by atomic mass is 10.0. The first-order valence-electron chi connectivity index (χ1n) is 6.74. The van der Waals surface area contributed by atoms with Gasteiger partial charge in [-0.1, -0.05) is 6.07 Å². The van der Waals surface area contributed by atoms with Crippen LogP contribution in [0.25, 0.3) is 0 Å². The van der Waals surface area contributed by atoms with Crippen LogP contribution in [-0.4, -0.2) is 41.9 Å². The first kappa shape index (κ1) is 14.5. The average Bonchev–Trinajstić information content (AvgIpc) is 2.46. The van der Waals surface area contributed by atoms with E-state index in [4.69, 9.17) is 0 Å². The van der Waals surface area contributed by atoms with E-state index in [9.17, 15) is 14.9 Å². The van der Waals surface area contributed by atoms with Crippen molar-refractivity contribution in [3.8, 4) is 0 Å². The van der Waals surface area contributed by atoms with Crippen LogP contribution in [-0.2, 0) is 0 Å². The van der Waals surface area contributed by atoms with Gasteiger partial charge in [0.25, 0.3) is 11.6 Å². The molecule has 0 saturated carbocycles. The first-order valence-corrected chi connectivity index (χ1v) is 6.74. The van der Waals surface area contributed by atoms with E-state index in [1.165, 1.54) is 6.07 Å². The van der Waals surface area contributed by atoms with Gasteiger partial charge in [-0.2, -0.15) is 0 Å². The normalized spacial score (nSPS) is 18.6. The maximum atomic E-state index is 12.5. The Morgan fingerprint density at radius 3 is 2.85 bits per heavy atom. The Bertz CT molecular complexity index is 524. The van der Waals surface area contributed by atoms with E-state index >= 15 is 0 Å². The van der Waals surface area contributed by atoms with E-state index in [2.05, 4.69) is 5.32 Å². The molecule has 0 radical (unpaired) electrons. The molecule has 20 heavy (non-hydrogen) atoms. The minimum absolute atomic E-state index is 0.00832. The van der Waals surface area contributed by atoms with Crippen LogP contribution < -0.4 is 5.32 Å². The standard InChI is InChI=1S/C14H19N3O3/c1-10-12(6-3-7-13(10)17(19)20)14(18)16(2)11-5-4-8-15-9-11/h3,6-7,11,15H,4-5,8-9H2,1-2H3. The highest BCUT2D eigenvalue weighted by molar-refractivity contribution is 5.96. The van der Waals surface area contributed by atoms with Gasteiger partial charge in [0, 0.05) is 36.8 Å². The van der Waals surface area contributed by atoms with Crippen molar-refractivity contribution in [2.24, 2.45) is 0 Å².